The molecule has 7 rings (SSSR count). The average molecular weight is 597 g/mol. The first-order chi connectivity index (χ1) is 20.6. The van der Waals surface area contributed by atoms with Gasteiger partial charge in [0.2, 0.25) is 0 Å². The van der Waals surface area contributed by atoms with Crippen LogP contribution in [0.2, 0.25) is 0 Å². The fourth-order valence-electron chi connectivity index (χ4n) is 7.02. The number of ether oxygens (including phenoxy) is 1. The number of phenols is 1. The van der Waals surface area contributed by atoms with Crippen molar-refractivity contribution in [3.05, 3.63) is 53.6 Å². The van der Waals surface area contributed by atoms with Crippen LogP contribution in [0.3, 0.4) is 0 Å². The Labute approximate surface area is 243 Å². The van der Waals surface area contributed by atoms with Crippen molar-refractivity contribution in [2.75, 3.05) is 32.8 Å². The molecule has 224 valence electrons. The molecule has 13 heteroatoms. The number of benzene rings is 2. The van der Waals surface area contributed by atoms with E-state index in [-0.39, 0.29) is 63.8 Å². The summed E-state index contributed by atoms with van der Waals surface area (Å²) in [5.74, 6) is -3.91. The summed E-state index contributed by atoms with van der Waals surface area (Å²) in [7, 11) is 0. The summed E-state index contributed by atoms with van der Waals surface area (Å²) in [6.07, 6.45) is 2.85. The lowest BCUT2D eigenvalue weighted by molar-refractivity contribution is 0.107. The number of nitrogens with zero attached hydrogens (tertiary/aromatic N) is 5. The number of amides is 2. The van der Waals surface area contributed by atoms with E-state index in [2.05, 4.69) is 19.9 Å². The third-order valence-electron chi connectivity index (χ3n) is 9.06. The predicted octanol–water partition coefficient (Wildman–Crippen LogP) is 4.79. The number of halogens is 4. The Bertz CT molecular complexity index is 1790. The number of hydrogen-bond donors (Lipinski definition) is 2. The van der Waals surface area contributed by atoms with E-state index < -0.39 is 35.2 Å². The van der Waals surface area contributed by atoms with Gasteiger partial charge in [-0.05, 0) is 49.4 Å². The van der Waals surface area contributed by atoms with Crippen LogP contribution in [0.4, 0.5) is 22.4 Å². The summed E-state index contributed by atoms with van der Waals surface area (Å²) in [5.41, 5.74) is 4.70. The van der Waals surface area contributed by atoms with Crippen molar-refractivity contribution < 1.29 is 32.2 Å². The Morgan fingerprint density at radius 3 is 2.77 bits per heavy atom. The van der Waals surface area contributed by atoms with E-state index in [4.69, 9.17) is 10.5 Å². The summed E-state index contributed by atoms with van der Waals surface area (Å²) >= 11 is 0. The zero-order valence-corrected chi connectivity index (χ0v) is 23.0. The van der Waals surface area contributed by atoms with Gasteiger partial charge in [0.05, 0.1) is 11.2 Å². The molecule has 9 nitrogen and oxygen atoms in total. The number of urea groups is 1. The van der Waals surface area contributed by atoms with E-state index in [0.29, 0.717) is 31.6 Å². The van der Waals surface area contributed by atoms with E-state index in [9.17, 15) is 18.7 Å². The highest BCUT2D eigenvalue weighted by Gasteiger charge is 2.49. The van der Waals surface area contributed by atoms with Gasteiger partial charge in [-0.1, -0.05) is 6.07 Å². The first-order valence-electron chi connectivity index (χ1n) is 14.2. The second kappa shape index (κ2) is 10.2. The monoisotopic (exact) mass is 596 g/mol. The number of hydrogen-bond acceptors (Lipinski definition) is 7. The molecular weight excluding hydrogens is 568 g/mol. The molecule has 2 aromatic heterocycles. The van der Waals surface area contributed by atoms with E-state index in [1.807, 2.05) is 0 Å². The smallest absolute Gasteiger partial charge is 0.317 e. The maximum absolute atomic E-state index is 16.5. The molecule has 3 fully saturated rings. The Hall–Kier alpha value is -4.26. The zero-order chi connectivity index (χ0) is 30.0. The zero-order valence-electron chi connectivity index (χ0n) is 23.0. The fraction of sp³-hybridized carbons (Fsp3) is 0.400. The first-order valence-corrected chi connectivity index (χ1v) is 14.2. The van der Waals surface area contributed by atoms with Crippen LogP contribution >= 0.6 is 0 Å². The fourth-order valence-corrected chi connectivity index (χ4v) is 7.02. The van der Waals surface area contributed by atoms with Gasteiger partial charge in [0.25, 0.3) is 0 Å². The van der Waals surface area contributed by atoms with E-state index in [1.165, 1.54) is 23.2 Å². The topological polar surface area (TPSA) is 118 Å². The lowest BCUT2D eigenvalue weighted by Gasteiger charge is -2.30. The highest BCUT2D eigenvalue weighted by molar-refractivity contribution is 5.99. The number of aromatic nitrogens is 3. The van der Waals surface area contributed by atoms with E-state index in [0.717, 1.165) is 31.5 Å². The van der Waals surface area contributed by atoms with Crippen LogP contribution in [0, 0.1) is 17.5 Å². The summed E-state index contributed by atoms with van der Waals surface area (Å²) in [6.45, 7) is 1.82. The minimum absolute atomic E-state index is 0.109. The molecule has 3 atom stereocenters. The summed E-state index contributed by atoms with van der Waals surface area (Å²) in [4.78, 5) is 28.6. The Morgan fingerprint density at radius 1 is 1.14 bits per heavy atom. The van der Waals surface area contributed by atoms with Gasteiger partial charge in [-0.3, -0.25) is 9.88 Å². The minimum Gasteiger partial charge on any atom is -0.508 e. The highest BCUT2D eigenvalue weighted by atomic mass is 19.2. The molecule has 2 aromatic carbocycles. The van der Waals surface area contributed by atoms with E-state index in [1.54, 1.807) is 0 Å². The number of rotatable bonds is 5. The quantitative estimate of drug-likeness (QED) is 0.318. The standard InChI is InChI=1S/C30H28F4N6O3/c31-17-10-30(5-1-6-40(30)13-17)14-43-29-37-25(16-4-7-39(12-16)28(35)42)20-11-36-26(24(34)27(20)38-29)19-9-18(41)8-15-2-3-21(32)23(33)22(15)19/h2-3,8-9,11,16-17,41H,1,4-7,10,12-14H2,(H2,35,42)/t16?,17-,30+/m1/s1. The first kappa shape index (κ1) is 27.6. The molecule has 0 saturated carbocycles. The van der Waals surface area contributed by atoms with Gasteiger partial charge in [0, 0.05) is 54.5 Å². The summed E-state index contributed by atoms with van der Waals surface area (Å²) in [5, 5.41) is 10.5. The molecule has 0 aliphatic carbocycles. The van der Waals surface area contributed by atoms with Gasteiger partial charge in [0.1, 0.15) is 29.7 Å². The number of carbonyl (C=O) groups excluding carboxylic acids is 1. The van der Waals surface area contributed by atoms with Crippen LogP contribution in [0.1, 0.15) is 37.3 Å². The van der Waals surface area contributed by atoms with Crippen LogP contribution in [-0.2, 0) is 0 Å². The van der Waals surface area contributed by atoms with Crippen LogP contribution in [0.5, 0.6) is 11.8 Å². The second-order valence-electron chi connectivity index (χ2n) is 11.7. The molecule has 3 saturated heterocycles. The van der Waals surface area contributed by atoms with Gasteiger partial charge in [-0.2, -0.15) is 9.97 Å². The summed E-state index contributed by atoms with van der Waals surface area (Å²) in [6, 6.07) is 3.85. The molecule has 5 heterocycles. The molecule has 43 heavy (non-hydrogen) atoms. The molecule has 3 N–H and O–H groups in total. The molecule has 0 radical (unpaired) electrons. The van der Waals surface area contributed by atoms with Gasteiger partial charge in [-0.15, -0.1) is 0 Å². The number of nitrogens with two attached hydrogens (primary N) is 1. The van der Waals surface area contributed by atoms with Gasteiger partial charge >= 0.3 is 12.0 Å². The normalized spacial score (nSPS) is 23.9. The second-order valence-corrected chi connectivity index (χ2v) is 11.7. The number of primary amides is 1. The maximum atomic E-state index is 16.5. The number of likely N-dealkylation sites (tertiary alicyclic amines) is 1. The molecule has 2 amide bonds. The number of carbonyl (C=O) groups is 1. The molecule has 3 aliphatic heterocycles. The Kier molecular flexibility index (Phi) is 6.53. The number of aromatic hydroxyl groups is 1. The lowest BCUT2D eigenvalue weighted by Crippen LogP contribution is -2.43. The third kappa shape index (κ3) is 4.57. The minimum atomic E-state index is -1.21. The number of pyridine rings is 1. The summed E-state index contributed by atoms with van der Waals surface area (Å²) < 4.78 is 66.1. The molecular formula is C30H28F4N6O3. The van der Waals surface area contributed by atoms with Crippen LogP contribution in [0.25, 0.3) is 32.9 Å². The van der Waals surface area contributed by atoms with Gasteiger partial charge in [0.15, 0.2) is 17.5 Å². The lowest BCUT2D eigenvalue weighted by atomic mass is 9.95. The van der Waals surface area contributed by atoms with Crippen LogP contribution < -0.4 is 10.5 Å². The average Bonchev–Trinajstić information content (AvgIpc) is 3.68. The third-order valence-corrected chi connectivity index (χ3v) is 9.06. The van der Waals surface area contributed by atoms with E-state index >= 15 is 8.78 Å². The molecule has 0 bridgehead atoms. The predicted molar refractivity (Wildman–Crippen MR) is 149 cm³/mol. The van der Waals surface area contributed by atoms with Crippen LogP contribution in [0.15, 0.2) is 30.5 Å². The van der Waals surface area contributed by atoms with Crippen LogP contribution in [-0.4, -0.2) is 80.4 Å². The van der Waals surface area contributed by atoms with Crippen molar-refractivity contribution in [2.45, 2.75) is 43.3 Å². The molecule has 1 unspecified atom stereocenters. The Balaban J connectivity index is 1.36. The molecule has 0 spiro atoms. The van der Waals surface area contributed by atoms with Gasteiger partial charge in [-0.25, -0.2) is 22.4 Å². The van der Waals surface area contributed by atoms with Crippen molar-refractivity contribution in [2.24, 2.45) is 5.73 Å². The van der Waals surface area contributed by atoms with Crippen molar-refractivity contribution >= 4 is 27.7 Å². The largest absolute Gasteiger partial charge is 0.508 e. The van der Waals surface area contributed by atoms with Crippen molar-refractivity contribution in [1.29, 1.82) is 0 Å². The highest BCUT2D eigenvalue weighted by Crippen LogP contribution is 2.42. The Morgan fingerprint density at radius 2 is 1.98 bits per heavy atom. The maximum Gasteiger partial charge on any atom is 0.317 e. The molecule has 3 aliphatic rings. The van der Waals surface area contributed by atoms with Crippen molar-refractivity contribution in [3.8, 4) is 23.0 Å². The van der Waals surface area contributed by atoms with Gasteiger partial charge < -0.3 is 20.5 Å². The number of alkyl halides is 1. The van der Waals surface area contributed by atoms with Crippen molar-refractivity contribution in [1.82, 2.24) is 24.8 Å². The molecule has 4 aromatic rings. The van der Waals surface area contributed by atoms with Crippen molar-refractivity contribution in [3.63, 3.8) is 0 Å². The SMILES string of the molecule is NC(=O)N1CCC(c2nc(OC[C@@]34CCCN3C[C@H](F)C4)nc3c(F)c(-c4cc(O)cc5ccc(F)c(F)c45)ncc23)C1. The number of fused-ring (bicyclic) bond motifs is 3. The number of phenolic OH excluding ortho intramolecular Hbond substituents is 1.